The Bertz CT molecular complexity index is 914. The van der Waals surface area contributed by atoms with E-state index in [1.807, 2.05) is 11.0 Å². The molecule has 3 nitrogen and oxygen atoms in total. The minimum Gasteiger partial charge on any atom is -0.315 e. The minimum absolute atomic E-state index is 0.205. The first-order valence-electron chi connectivity index (χ1n) is 10.7. The van der Waals surface area contributed by atoms with Gasteiger partial charge in [0.2, 0.25) is 0 Å². The van der Waals surface area contributed by atoms with Crippen LogP contribution in [-0.2, 0) is 12.8 Å². The fraction of sp³-hybridized carbons (Fsp3) is 0.400. The fourth-order valence-corrected chi connectivity index (χ4v) is 5.17. The van der Waals surface area contributed by atoms with Crippen molar-refractivity contribution in [2.45, 2.75) is 57.5 Å². The van der Waals surface area contributed by atoms with Crippen LogP contribution in [-0.4, -0.2) is 29.6 Å². The molecule has 2 unspecified atom stereocenters. The summed E-state index contributed by atoms with van der Waals surface area (Å²) < 4.78 is 0. The number of aryl methyl sites for hydroxylation is 2. The van der Waals surface area contributed by atoms with E-state index in [1.54, 1.807) is 0 Å². The third-order valence-electron chi connectivity index (χ3n) is 6.69. The first-order chi connectivity index (χ1) is 13.7. The van der Waals surface area contributed by atoms with Gasteiger partial charge in [0, 0.05) is 18.3 Å². The van der Waals surface area contributed by atoms with Crippen molar-refractivity contribution >= 4 is 17.3 Å². The quantitative estimate of drug-likeness (QED) is 0.688. The number of para-hydroxylation sites is 1. The van der Waals surface area contributed by atoms with Gasteiger partial charge >= 0.3 is 6.03 Å². The number of benzene rings is 2. The molecule has 0 saturated carbocycles. The Morgan fingerprint density at radius 3 is 2.68 bits per heavy atom. The van der Waals surface area contributed by atoms with Crippen molar-refractivity contribution in [3.63, 3.8) is 0 Å². The van der Waals surface area contributed by atoms with Crippen molar-refractivity contribution in [2.24, 2.45) is 0 Å². The Morgan fingerprint density at radius 2 is 1.89 bits per heavy atom. The molecule has 2 aromatic carbocycles. The van der Waals surface area contributed by atoms with E-state index in [0.717, 1.165) is 50.8 Å². The summed E-state index contributed by atoms with van der Waals surface area (Å²) in [5.41, 5.74) is 6.54. The molecular formula is C25H28N2O. The Hall–Kier alpha value is -2.55. The summed E-state index contributed by atoms with van der Waals surface area (Å²) in [4.78, 5) is 17.7. The summed E-state index contributed by atoms with van der Waals surface area (Å²) in [5, 5.41) is 0. The summed E-state index contributed by atoms with van der Waals surface area (Å²) in [6.45, 7) is 3.03. The second kappa shape index (κ2) is 7.12. The summed E-state index contributed by atoms with van der Waals surface area (Å²) in [6, 6.07) is 18.1. The fourth-order valence-electron chi connectivity index (χ4n) is 5.17. The first kappa shape index (κ1) is 17.5. The number of hydrogen-bond donors (Lipinski definition) is 0. The highest BCUT2D eigenvalue weighted by Gasteiger charge is 2.42. The summed E-state index contributed by atoms with van der Waals surface area (Å²) >= 11 is 0. The third kappa shape index (κ3) is 2.94. The number of nitrogens with zero attached hydrogens (tertiary/aromatic N) is 2. The van der Waals surface area contributed by atoms with E-state index < -0.39 is 0 Å². The van der Waals surface area contributed by atoms with Gasteiger partial charge in [0.05, 0.1) is 6.04 Å². The average Bonchev–Trinajstić information content (AvgIpc) is 3.02. The maximum absolute atomic E-state index is 13.5. The zero-order chi connectivity index (χ0) is 19.1. The van der Waals surface area contributed by atoms with Crippen molar-refractivity contribution in [1.82, 2.24) is 4.90 Å². The molecule has 2 atom stereocenters. The molecule has 0 aliphatic carbocycles. The van der Waals surface area contributed by atoms with Crippen molar-refractivity contribution in [2.75, 3.05) is 11.4 Å². The number of fused-ring (bicyclic) bond motifs is 3. The zero-order valence-corrected chi connectivity index (χ0v) is 16.6. The maximum atomic E-state index is 13.5. The largest absolute Gasteiger partial charge is 0.325 e. The Balaban J connectivity index is 1.41. The van der Waals surface area contributed by atoms with Crippen LogP contribution in [0.1, 0.15) is 49.3 Å². The van der Waals surface area contributed by atoms with Crippen LogP contribution >= 0.6 is 0 Å². The second-order valence-corrected chi connectivity index (χ2v) is 8.32. The van der Waals surface area contributed by atoms with Crippen molar-refractivity contribution in [3.05, 3.63) is 71.3 Å². The molecular weight excluding hydrogens is 344 g/mol. The molecule has 3 heterocycles. The average molecular weight is 373 g/mol. The van der Waals surface area contributed by atoms with E-state index in [9.17, 15) is 4.79 Å². The van der Waals surface area contributed by atoms with Crippen LogP contribution in [0.25, 0.3) is 5.57 Å². The molecule has 2 aromatic rings. The smallest absolute Gasteiger partial charge is 0.315 e. The highest BCUT2D eigenvalue weighted by molar-refractivity contribution is 5.94. The second-order valence-electron chi connectivity index (χ2n) is 8.32. The van der Waals surface area contributed by atoms with Crippen LogP contribution in [0.4, 0.5) is 10.5 Å². The van der Waals surface area contributed by atoms with Gasteiger partial charge in [-0.25, -0.2) is 4.79 Å². The highest BCUT2D eigenvalue weighted by atomic mass is 16.2. The van der Waals surface area contributed by atoms with Crippen molar-refractivity contribution < 1.29 is 4.79 Å². The molecule has 0 spiro atoms. The Kier molecular flexibility index (Phi) is 4.46. The van der Waals surface area contributed by atoms with E-state index in [2.05, 4.69) is 60.4 Å². The molecule has 5 rings (SSSR count). The van der Waals surface area contributed by atoms with Crippen molar-refractivity contribution in [3.8, 4) is 0 Å². The van der Waals surface area contributed by atoms with E-state index in [1.165, 1.54) is 22.3 Å². The molecule has 144 valence electrons. The number of urea groups is 1. The highest BCUT2D eigenvalue weighted by Crippen LogP contribution is 2.40. The van der Waals surface area contributed by atoms with Crippen LogP contribution < -0.4 is 4.90 Å². The van der Waals surface area contributed by atoms with Gasteiger partial charge < -0.3 is 4.90 Å². The number of carbonyl (C=O) groups is 1. The summed E-state index contributed by atoms with van der Waals surface area (Å²) in [6.07, 6.45) is 8.73. The molecule has 28 heavy (non-hydrogen) atoms. The monoisotopic (exact) mass is 372 g/mol. The lowest BCUT2D eigenvalue weighted by Gasteiger charge is -2.39. The van der Waals surface area contributed by atoms with Gasteiger partial charge in [-0.15, -0.1) is 0 Å². The van der Waals surface area contributed by atoms with Gasteiger partial charge in [-0.05, 0) is 66.9 Å². The number of hydrogen-bond acceptors (Lipinski definition) is 1. The summed E-state index contributed by atoms with van der Waals surface area (Å²) in [7, 11) is 0. The molecule has 1 saturated heterocycles. The molecule has 3 aliphatic heterocycles. The lowest BCUT2D eigenvalue weighted by Crippen LogP contribution is -2.51. The minimum atomic E-state index is 0.205. The first-order valence-corrected chi connectivity index (χ1v) is 10.7. The summed E-state index contributed by atoms with van der Waals surface area (Å²) in [5.74, 6) is 0. The molecule has 3 heteroatoms. The normalized spacial score (nSPS) is 23.4. The lowest BCUT2D eigenvalue weighted by atomic mass is 9.94. The third-order valence-corrected chi connectivity index (χ3v) is 6.69. The van der Waals surface area contributed by atoms with Gasteiger partial charge in [-0.1, -0.05) is 55.5 Å². The van der Waals surface area contributed by atoms with Crippen LogP contribution in [0.5, 0.6) is 0 Å². The molecule has 1 fully saturated rings. The molecule has 2 amide bonds. The van der Waals surface area contributed by atoms with Gasteiger partial charge in [0.1, 0.15) is 0 Å². The van der Waals surface area contributed by atoms with Crippen LogP contribution in [0, 0.1) is 0 Å². The molecule has 3 aliphatic rings. The Labute approximate surface area is 167 Å². The van der Waals surface area contributed by atoms with Crippen LogP contribution in [0.3, 0.4) is 0 Å². The lowest BCUT2D eigenvalue weighted by molar-refractivity contribution is 0.186. The Morgan fingerprint density at radius 1 is 1.07 bits per heavy atom. The number of rotatable bonds is 2. The zero-order valence-electron chi connectivity index (χ0n) is 16.6. The number of carbonyl (C=O) groups excluding carboxylic acids is 1. The van der Waals surface area contributed by atoms with E-state index in [-0.39, 0.29) is 12.1 Å². The maximum Gasteiger partial charge on any atom is 0.325 e. The SMILES string of the molecule is CCc1ccc(C2=CC3CCC(C2)N3C(=O)N2CCCc3ccccc32)cc1. The van der Waals surface area contributed by atoms with Gasteiger partial charge in [0.15, 0.2) is 0 Å². The number of amides is 2. The predicted molar refractivity (Wildman–Crippen MR) is 115 cm³/mol. The van der Waals surface area contributed by atoms with Crippen LogP contribution in [0.15, 0.2) is 54.6 Å². The van der Waals surface area contributed by atoms with Crippen LogP contribution in [0.2, 0.25) is 0 Å². The molecule has 2 bridgehead atoms. The number of anilines is 1. The molecule has 0 N–H and O–H groups in total. The standard InChI is InChI=1S/C25H28N2O/c1-2-18-9-11-19(12-10-18)21-16-22-13-14-23(17-21)27(22)25(28)26-15-5-7-20-6-3-4-8-24(20)26/h3-4,6,8-12,16,22-23H,2,5,7,13-15,17H2,1H3. The predicted octanol–water partition coefficient (Wildman–Crippen LogP) is 5.44. The van der Waals surface area contributed by atoms with Gasteiger partial charge in [-0.2, -0.15) is 0 Å². The van der Waals surface area contributed by atoms with Gasteiger partial charge in [0.25, 0.3) is 0 Å². The molecule has 0 aromatic heterocycles. The van der Waals surface area contributed by atoms with Crippen molar-refractivity contribution in [1.29, 1.82) is 0 Å². The van der Waals surface area contributed by atoms with E-state index in [0.29, 0.717) is 6.04 Å². The topological polar surface area (TPSA) is 23.6 Å². The van der Waals surface area contributed by atoms with E-state index in [4.69, 9.17) is 0 Å². The van der Waals surface area contributed by atoms with E-state index >= 15 is 0 Å². The molecule has 0 radical (unpaired) electrons. The van der Waals surface area contributed by atoms with Gasteiger partial charge in [-0.3, -0.25) is 4.90 Å².